The number of hydrogen-bond donors (Lipinski definition) is 2. The summed E-state index contributed by atoms with van der Waals surface area (Å²) in [7, 11) is 0. The minimum atomic E-state index is -0.147. The van der Waals surface area contributed by atoms with Crippen LogP contribution in [0.15, 0.2) is 24.3 Å². The van der Waals surface area contributed by atoms with E-state index in [1.165, 1.54) is 6.07 Å². The van der Waals surface area contributed by atoms with Gasteiger partial charge in [-0.05, 0) is 11.6 Å². The van der Waals surface area contributed by atoms with Crippen molar-refractivity contribution in [1.82, 2.24) is 5.32 Å². The van der Waals surface area contributed by atoms with Gasteiger partial charge in [0.25, 0.3) is 0 Å². The molecule has 0 bridgehead atoms. The molecule has 70 valence electrons. The average molecular weight is 180 g/mol. The SMILES string of the molecule is N[C@H]1CNC[C@@H]1c1ccccc1F. The van der Waals surface area contributed by atoms with E-state index in [0.717, 1.165) is 18.7 Å². The van der Waals surface area contributed by atoms with Crippen molar-refractivity contribution in [2.75, 3.05) is 13.1 Å². The van der Waals surface area contributed by atoms with E-state index in [0.29, 0.717) is 0 Å². The van der Waals surface area contributed by atoms with Gasteiger partial charge in [0.2, 0.25) is 0 Å². The molecular formula is C10H13FN2. The van der Waals surface area contributed by atoms with Gasteiger partial charge in [0.05, 0.1) is 0 Å². The minimum Gasteiger partial charge on any atom is -0.326 e. The average Bonchev–Trinajstić information content (AvgIpc) is 2.52. The number of halogens is 1. The van der Waals surface area contributed by atoms with E-state index < -0.39 is 0 Å². The van der Waals surface area contributed by atoms with Gasteiger partial charge in [-0.25, -0.2) is 4.39 Å². The van der Waals surface area contributed by atoms with Gasteiger partial charge in [0.1, 0.15) is 5.82 Å². The molecule has 0 spiro atoms. The van der Waals surface area contributed by atoms with Gasteiger partial charge in [-0.3, -0.25) is 0 Å². The van der Waals surface area contributed by atoms with Crippen molar-refractivity contribution in [2.24, 2.45) is 5.73 Å². The maximum absolute atomic E-state index is 13.3. The maximum Gasteiger partial charge on any atom is 0.126 e. The summed E-state index contributed by atoms with van der Waals surface area (Å²) in [5, 5.41) is 3.16. The molecule has 0 aromatic heterocycles. The molecular weight excluding hydrogens is 167 g/mol. The molecule has 0 saturated carbocycles. The van der Waals surface area contributed by atoms with Crippen molar-refractivity contribution in [3.05, 3.63) is 35.6 Å². The lowest BCUT2D eigenvalue weighted by molar-refractivity contribution is 0.566. The molecule has 1 heterocycles. The third-order valence-electron chi connectivity index (χ3n) is 2.57. The van der Waals surface area contributed by atoms with Crippen LogP contribution in [0.2, 0.25) is 0 Å². The molecule has 3 N–H and O–H groups in total. The molecule has 0 amide bonds. The van der Waals surface area contributed by atoms with Crippen molar-refractivity contribution in [3.8, 4) is 0 Å². The lowest BCUT2D eigenvalue weighted by Crippen LogP contribution is -2.28. The molecule has 0 unspecified atom stereocenters. The highest BCUT2D eigenvalue weighted by Crippen LogP contribution is 2.23. The number of hydrogen-bond acceptors (Lipinski definition) is 2. The van der Waals surface area contributed by atoms with E-state index in [4.69, 9.17) is 5.73 Å². The molecule has 2 atom stereocenters. The molecule has 0 radical (unpaired) electrons. The van der Waals surface area contributed by atoms with Crippen molar-refractivity contribution in [1.29, 1.82) is 0 Å². The van der Waals surface area contributed by atoms with Crippen LogP contribution in [0, 0.1) is 5.82 Å². The Kier molecular flexibility index (Phi) is 2.29. The highest BCUT2D eigenvalue weighted by Gasteiger charge is 2.26. The van der Waals surface area contributed by atoms with E-state index in [1.807, 2.05) is 12.1 Å². The van der Waals surface area contributed by atoms with E-state index in [2.05, 4.69) is 5.32 Å². The monoisotopic (exact) mass is 180 g/mol. The van der Waals surface area contributed by atoms with Crippen LogP contribution in [0.25, 0.3) is 0 Å². The number of nitrogens with two attached hydrogens (primary N) is 1. The Bertz CT molecular complexity index is 301. The quantitative estimate of drug-likeness (QED) is 0.672. The van der Waals surface area contributed by atoms with Gasteiger partial charge in [-0.2, -0.15) is 0 Å². The summed E-state index contributed by atoms with van der Waals surface area (Å²) in [5.41, 5.74) is 6.59. The standard InChI is InChI=1S/C10H13FN2/c11-9-4-2-1-3-7(9)8-5-13-6-10(8)12/h1-4,8,10,13H,5-6,12H2/t8-,10+/m1/s1. The van der Waals surface area contributed by atoms with Gasteiger partial charge in [-0.15, -0.1) is 0 Å². The Morgan fingerprint density at radius 1 is 1.31 bits per heavy atom. The summed E-state index contributed by atoms with van der Waals surface area (Å²) in [6.45, 7) is 1.56. The zero-order chi connectivity index (χ0) is 9.26. The summed E-state index contributed by atoms with van der Waals surface area (Å²) >= 11 is 0. The van der Waals surface area contributed by atoms with Crippen LogP contribution in [0.3, 0.4) is 0 Å². The van der Waals surface area contributed by atoms with Crippen LogP contribution >= 0.6 is 0 Å². The Morgan fingerprint density at radius 3 is 2.69 bits per heavy atom. The molecule has 1 aliphatic heterocycles. The zero-order valence-corrected chi connectivity index (χ0v) is 7.33. The third-order valence-corrected chi connectivity index (χ3v) is 2.57. The summed E-state index contributed by atoms with van der Waals surface area (Å²) in [6.07, 6.45) is 0. The van der Waals surface area contributed by atoms with E-state index in [9.17, 15) is 4.39 Å². The molecule has 1 aromatic rings. The predicted molar refractivity (Wildman–Crippen MR) is 50.0 cm³/mol. The molecule has 1 saturated heterocycles. The normalized spacial score (nSPS) is 27.8. The fourth-order valence-electron chi connectivity index (χ4n) is 1.82. The number of nitrogens with one attached hydrogen (secondary N) is 1. The Balaban J connectivity index is 2.29. The number of benzene rings is 1. The molecule has 2 rings (SSSR count). The van der Waals surface area contributed by atoms with Gasteiger partial charge in [-0.1, -0.05) is 18.2 Å². The second-order valence-electron chi connectivity index (χ2n) is 3.45. The third kappa shape index (κ3) is 1.57. The van der Waals surface area contributed by atoms with Gasteiger partial charge in [0, 0.05) is 25.0 Å². The van der Waals surface area contributed by atoms with Crippen LogP contribution in [0.4, 0.5) is 4.39 Å². The fraction of sp³-hybridized carbons (Fsp3) is 0.400. The summed E-state index contributed by atoms with van der Waals surface area (Å²) in [4.78, 5) is 0. The van der Waals surface area contributed by atoms with Gasteiger partial charge < -0.3 is 11.1 Å². The molecule has 0 aliphatic carbocycles. The lowest BCUT2D eigenvalue weighted by Gasteiger charge is -2.14. The molecule has 1 fully saturated rings. The van der Waals surface area contributed by atoms with Crippen molar-refractivity contribution in [2.45, 2.75) is 12.0 Å². The highest BCUT2D eigenvalue weighted by atomic mass is 19.1. The minimum absolute atomic E-state index is 0.0388. The first kappa shape index (κ1) is 8.66. The first-order valence-electron chi connectivity index (χ1n) is 4.50. The second kappa shape index (κ2) is 3.44. The van der Waals surface area contributed by atoms with Gasteiger partial charge >= 0.3 is 0 Å². The summed E-state index contributed by atoms with van der Waals surface area (Å²) < 4.78 is 13.3. The van der Waals surface area contributed by atoms with E-state index in [-0.39, 0.29) is 17.8 Å². The zero-order valence-electron chi connectivity index (χ0n) is 7.33. The summed E-state index contributed by atoms with van der Waals surface area (Å²) in [6, 6.07) is 6.89. The second-order valence-corrected chi connectivity index (χ2v) is 3.45. The van der Waals surface area contributed by atoms with Crippen molar-refractivity contribution < 1.29 is 4.39 Å². The van der Waals surface area contributed by atoms with Gasteiger partial charge in [0.15, 0.2) is 0 Å². The van der Waals surface area contributed by atoms with Crippen LogP contribution in [-0.2, 0) is 0 Å². The van der Waals surface area contributed by atoms with E-state index in [1.54, 1.807) is 6.07 Å². The smallest absolute Gasteiger partial charge is 0.126 e. The largest absolute Gasteiger partial charge is 0.326 e. The first-order chi connectivity index (χ1) is 6.29. The molecule has 3 heteroatoms. The first-order valence-corrected chi connectivity index (χ1v) is 4.50. The Labute approximate surface area is 76.9 Å². The molecule has 13 heavy (non-hydrogen) atoms. The Morgan fingerprint density at radius 2 is 2.08 bits per heavy atom. The van der Waals surface area contributed by atoms with E-state index >= 15 is 0 Å². The lowest BCUT2D eigenvalue weighted by atomic mass is 9.94. The highest BCUT2D eigenvalue weighted by molar-refractivity contribution is 5.25. The Hall–Kier alpha value is -0.930. The fourth-order valence-corrected chi connectivity index (χ4v) is 1.82. The summed E-state index contributed by atoms with van der Waals surface area (Å²) in [5.74, 6) is -0.0205. The van der Waals surface area contributed by atoms with Crippen LogP contribution < -0.4 is 11.1 Å². The van der Waals surface area contributed by atoms with Crippen molar-refractivity contribution in [3.63, 3.8) is 0 Å². The van der Waals surface area contributed by atoms with Crippen molar-refractivity contribution >= 4 is 0 Å². The predicted octanol–water partition coefficient (Wildman–Crippen LogP) is 0.840. The van der Waals surface area contributed by atoms with Crippen LogP contribution in [0.5, 0.6) is 0 Å². The topological polar surface area (TPSA) is 38.0 Å². The van der Waals surface area contributed by atoms with Crippen LogP contribution in [0.1, 0.15) is 11.5 Å². The molecule has 1 aromatic carbocycles. The maximum atomic E-state index is 13.3. The number of rotatable bonds is 1. The molecule has 1 aliphatic rings. The van der Waals surface area contributed by atoms with Crippen LogP contribution in [-0.4, -0.2) is 19.1 Å². The molecule has 2 nitrogen and oxygen atoms in total.